The Balaban J connectivity index is 1.53. The molecule has 3 amide bonds. The molecule has 154 valence electrons. The van der Waals surface area contributed by atoms with Crippen LogP contribution in [0.5, 0.6) is 0 Å². The van der Waals surface area contributed by atoms with Gasteiger partial charge in [-0.05, 0) is 24.5 Å². The summed E-state index contributed by atoms with van der Waals surface area (Å²) in [5, 5.41) is 6.32. The van der Waals surface area contributed by atoms with E-state index in [-0.39, 0.29) is 47.9 Å². The highest BCUT2D eigenvalue weighted by Gasteiger charge is 2.58. The van der Waals surface area contributed by atoms with Crippen LogP contribution in [0.1, 0.15) is 6.42 Å². The van der Waals surface area contributed by atoms with Gasteiger partial charge in [0, 0.05) is 39.5 Å². The summed E-state index contributed by atoms with van der Waals surface area (Å²) in [5.41, 5.74) is 0. The monoisotopic (exact) mass is 407 g/mol. The molecule has 3 aliphatic rings. The number of guanidine groups is 1. The van der Waals surface area contributed by atoms with Gasteiger partial charge in [-0.15, -0.1) is 0 Å². The fourth-order valence-electron chi connectivity index (χ4n) is 4.20. The molecular formula is C19H29N5O3S. The number of carbonyl (C=O) groups excluding carboxylic acids is 3. The molecule has 4 unspecified atom stereocenters. The van der Waals surface area contributed by atoms with Crippen LogP contribution in [0.15, 0.2) is 17.1 Å². The Kier molecular flexibility index (Phi) is 6.64. The molecule has 2 N–H and O–H groups in total. The fourth-order valence-corrected chi connectivity index (χ4v) is 4.51. The number of hydrogen-bond donors (Lipinski definition) is 2. The van der Waals surface area contributed by atoms with Crippen LogP contribution in [0, 0.1) is 23.7 Å². The molecular weight excluding hydrogens is 378 g/mol. The Morgan fingerprint density at radius 3 is 2.36 bits per heavy atom. The summed E-state index contributed by atoms with van der Waals surface area (Å²) in [6.07, 6.45) is 7.15. The average molecular weight is 408 g/mol. The molecule has 1 saturated heterocycles. The molecule has 0 aromatic heterocycles. The van der Waals surface area contributed by atoms with Crippen molar-refractivity contribution in [1.82, 2.24) is 20.4 Å². The van der Waals surface area contributed by atoms with Crippen LogP contribution in [-0.2, 0) is 14.4 Å². The maximum Gasteiger partial charge on any atom is 0.243 e. The van der Waals surface area contributed by atoms with Crippen LogP contribution in [0.3, 0.4) is 0 Å². The van der Waals surface area contributed by atoms with Crippen molar-refractivity contribution in [1.29, 1.82) is 0 Å². The van der Waals surface area contributed by atoms with Crippen molar-refractivity contribution in [2.45, 2.75) is 6.42 Å². The smallest absolute Gasteiger partial charge is 0.243 e. The number of likely N-dealkylation sites (tertiary alicyclic amines) is 1. The van der Waals surface area contributed by atoms with Crippen molar-refractivity contribution in [3.05, 3.63) is 12.2 Å². The lowest BCUT2D eigenvalue weighted by atomic mass is 9.85. The maximum absolute atomic E-state index is 12.7. The number of nitrogens with one attached hydrogen (secondary N) is 2. The molecule has 0 spiro atoms. The molecule has 1 heterocycles. The van der Waals surface area contributed by atoms with Crippen LogP contribution in [0.4, 0.5) is 0 Å². The minimum absolute atomic E-state index is 0.0368. The van der Waals surface area contributed by atoms with Crippen molar-refractivity contribution in [2.24, 2.45) is 28.7 Å². The van der Waals surface area contributed by atoms with Crippen LogP contribution < -0.4 is 10.6 Å². The second-order valence-corrected chi connectivity index (χ2v) is 8.61. The Morgan fingerprint density at radius 2 is 1.79 bits per heavy atom. The molecule has 0 aromatic rings. The molecule has 9 heteroatoms. The normalized spacial score (nSPS) is 28.1. The van der Waals surface area contributed by atoms with Crippen LogP contribution in [-0.4, -0.2) is 85.8 Å². The van der Waals surface area contributed by atoms with Gasteiger partial charge in [0.25, 0.3) is 0 Å². The molecule has 0 aromatic carbocycles. The van der Waals surface area contributed by atoms with E-state index in [0.717, 1.165) is 12.2 Å². The number of fused-ring (bicyclic) bond motifs is 5. The zero-order valence-corrected chi connectivity index (χ0v) is 17.5. The predicted molar refractivity (Wildman–Crippen MR) is 110 cm³/mol. The van der Waals surface area contributed by atoms with Crippen molar-refractivity contribution in [3.8, 4) is 0 Å². The summed E-state index contributed by atoms with van der Waals surface area (Å²) in [5.74, 6) is 1.40. The van der Waals surface area contributed by atoms with Crippen molar-refractivity contribution >= 4 is 35.4 Å². The maximum atomic E-state index is 12.7. The summed E-state index contributed by atoms with van der Waals surface area (Å²) in [6, 6.07) is 0. The van der Waals surface area contributed by atoms with E-state index >= 15 is 0 Å². The summed E-state index contributed by atoms with van der Waals surface area (Å²) < 4.78 is 0. The summed E-state index contributed by atoms with van der Waals surface area (Å²) in [4.78, 5) is 44.4. The molecule has 2 fully saturated rings. The number of nitrogens with zero attached hydrogens (tertiary/aromatic N) is 3. The van der Waals surface area contributed by atoms with E-state index in [9.17, 15) is 14.4 Å². The Labute approximate surface area is 170 Å². The first kappa shape index (κ1) is 20.7. The largest absolute Gasteiger partial charge is 0.356 e. The van der Waals surface area contributed by atoms with Crippen molar-refractivity contribution < 1.29 is 14.4 Å². The van der Waals surface area contributed by atoms with E-state index in [1.807, 2.05) is 6.26 Å². The SMILES string of the molecule is CSCCNC(=NCC(=O)N(C)C)NCCN1C(=O)C2C3C=CC(C3)C2C1=O. The third kappa shape index (κ3) is 4.19. The first-order chi connectivity index (χ1) is 13.4. The fraction of sp³-hybridized carbons (Fsp3) is 0.684. The van der Waals surface area contributed by atoms with Crippen LogP contribution >= 0.6 is 11.8 Å². The van der Waals surface area contributed by atoms with Gasteiger partial charge in [0.15, 0.2) is 5.96 Å². The van der Waals surface area contributed by atoms with Gasteiger partial charge in [0.05, 0.1) is 11.8 Å². The second-order valence-electron chi connectivity index (χ2n) is 7.63. The van der Waals surface area contributed by atoms with Gasteiger partial charge in [-0.2, -0.15) is 11.8 Å². The molecule has 8 nitrogen and oxygen atoms in total. The van der Waals surface area contributed by atoms with E-state index in [4.69, 9.17) is 0 Å². The van der Waals surface area contributed by atoms with E-state index in [1.54, 1.807) is 25.9 Å². The summed E-state index contributed by atoms with van der Waals surface area (Å²) in [6.45, 7) is 1.47. The van der Waals surface area contributed by atoms with E-state index in [0.29, 0.717) is 25.6 Å². The lowest BCUT2D eigenvalue weighted by molar-refractivity contribution is -0.140. The third-order valence-electron chi connectivity index (χ3n) is 5.66. The molecule has 0 radical (unpaired) electrons. The van der Waals surface area contributed by atoms with Gasteiger partial charge in [-0.3, -0.25) is 19.3 Å². The first-order valence-electron chi connectivity index (χ1n) is 9.69. The number of amides is 3. The lowest BCUT2D eigenvalue weighted by Crippen LogP contribution is -2.44. The highest BCUT2D eigenvalue weighted by molar-refractivity contribution is 7.98. The molecule has 1 aliphatic heterocycles. The molecule has 2 aliphatic carbocycles. The van der Waals surface area contributed by atoms with Crippen LogP contribution in [0.2, 0.25) is 0 Å². The summed E-state index contributed by atoms with van der Waals surface area (Å²) in [7, 11) is 3.38. The second kappa shape index (κ2) is 8.98. The number of imide groups is 1. The Hall–Kier alpha value is -2.03. The topological polar surface area (TPSA) is 94.1 Å². The van der Waals surface area contributed by atoms with Crippen molar-refractivity contribution in [3.63, 3.8) is 0 Å². The molecule has 2 bridgehead atoms. The van der Waals surface area contributed by atoms with Gasteiger partial charge in [0.2, 0.25) is 17.7 Å². The number of carbonyl (C=O) groups is 3. The van der Waals surface area contributed by atoms with Gasteiger partial charge >= 0.3 is 0 Å². The Bertz CT molecular complexity index is 663. The molecule has 1 saturated carbocycles. The number of likely N-dealkylation sites (N-methyl/N-ethyl adjacent to an activating group) is 1. The zero-order valence-electron chi connectivity index (χ0n) is 16.7. The van der Waals surface area contributed by atoms with Gasteiger partial charge < -0.3 is 15.5 Å². The average Bonchev–Trinajstić information content (AvgIpc) is 3.34. The standard InChI is InChI=1S/C19H29N5O3S/c1-23(2)14(25)11-22-19(21-7-9-28-3)20-6-8-24-17(26)15-12-4-5-13(10-12)16(15)18(24)27/h4-5,12-13,15-16H,6-11H2,1-3H3,(H2,20,21,22). The van der Waals surface area contributed by atoms with Gasteiger partial charge in [-0.1, -0.05) is 12.2 Å². The molecule has 28 heavy (non-hydrogen) atoms. The van der Waals surface area contributed by atoms with Gasteiger partial charge in [0.1, 0.15) is 6.54 Å². The number of thioether (sulfide) groups is 1. The van der Waals surface area contributed by atoms with E-state index < -0.39 is 0 Å². The minimum Gasteiger partial charge on any atom is -0.356 e. The van der Waals surface area contributed by atoms with Crippen molar-refractivity contribution in [2.75, 3.05) is 52.3 Å². The number of rotatable bonds is 8. The minimum atomic E-state index is -0.159. The number of allylic oxidation sites excluding steroid dienone is 2. The lowest BCUT2D eigenvalue weighted by Gasteiger charge is -2.19. The van der Waals surface area contributed by atoms with E-state index in [2.05, 4.69) is 27.8 Å². The highest BCUT2D eigenvalue weighted by Crippen LogP contribution is 2.52. The zero-order chi connectivity index (χ0) is 20.3. The quantitative estimate of drug-likeness (QED) is 0.190. The predicted octanol–water partition coefficient (Wildman–Crippen LogP) is -0.220. The first-order valence-corrected chi connectivity index (χ1v) is 11.1. The van der Waals surface area contributed by atoms with Crippen LogP contribution in [0.25, 0.3) is 0 Å². The summed E-state index contributed by atoms with van der Waals surface area (Å²) >= 11 is 1.71. The van der Waals surface area contributed by atoms with E-state index in [1.165, 1.54) is 9.80 Å². The highest BCUT2D eigenvalue weighted by atomic mass is 32.2. The third-order valence-corrected chi connectivity index (χ3v) is 6.27. The number of hydrogen-bond acceptors (Lipinski definition) is 5. The number of aliphatic imine (C=N–C) groups is 1. The molecule has 3 rings (SSSR count). The molecule has 4 atom stereocenters. The Morgan fingerprint density at radius 1 is 1.18 bits per heavy atom. The van der Waals surface area contributed by atoms with Gasteiger partial charge in [-0.25, -0.2) is 4.99 Å².